The number of hydrogen-bond donors (Lipinski definition) is 1. The third-order valence-electron chi connectivity index (χ3n) is 6.47. The van der Waals surface area contributed by atoms with Gasteiger partial charge in [0, 0.05) is 50.8 Å². The Morgan fingerprint density at radius 3 is 2.34 bits per heavy atom. The van der Waals surface area contributed by atoms with E-state index in [1.165, 1.54) is 5.69 Å². The molecule has 1 amide bonds. The maximum atomic E-state index is 13.2. The van der Waals surface area contributed by atoms with E-state index in [1.54, 1.807) is 29.3 Å². The summed E-state index contributed by atoms with van der Waals surface area (Å²) in [6, 6.07) is 13.5. The Morgan fingerprint density at radius 2 is 1.69 bits per heavy atom. The van der Waals surface area contributed by atoms with Crippen molar-refractivity contribution in [3.05, 3.63) is 64.3 Å². The van der Waals surface area contributed by atoms with Gasteiger partial charge in [0.1, 0.15) is 11.4 Å². The number of aromatic nitrogens is 2. The molecule has 1 saturated heterocycles. The van der Waals surface area contributed by atoms with Gasteiger partial charge in [-0.25, -0.2) is 4.98 Å². The number of anilines is 5. The van der Waals surface area contributed by atoms with Crippen molar-refractivity contribution in [3.63, 3.8) is 0 Å². The van der Waals surface area contributed by atoms with Gasteiger partial charge >= 0.3 is 0 Å². The minimum absolute atomic E-state index is 0.243. The second-order valence-electron chi connectivity index (χ2n) is 8.67. The summed E-state index contributed by atoms with van der Waals surface area (Å²) in [4.78, 5) is 30.5. The molecule has 5 rings (SSSR count). The van der Waals surface area contributed by atoms with Gasteiger partial charge in [0.25, 0.3) is 5.91 Å². The third kappa shape index (κ3) is 4.74. The minimum Gasteiger partial charge on any atom is -0.369 e. The molecular formula is C25H27Cl2N7O. The van der Waals surface area contributed by atoms with Crippen LogP contribution >= 0.6 is 23.2 Å². The zero-order chi connectivity index (χ0) is 24.5. The van der Waals surface area contributed by atoms with Crippen LogP contribution in [0, 0.1) is 0 Å². The van der Waals surface area contributed by atoms with Crippen molar-refractivity contribution in [2.75, 3.05) is 66.5 Å². The SMILES string of the molecule is CCN1CCN(c2ccc(Nc3ncc4c(n3)N(C)CN(c3c(Cl)cccc3Cl)C4=O)cc2)CC1. The number of piperazine rings is 1. The molecule has 0 radical (unpaired) electrons. The molecule has 10 heteroatoms. The summed E-state index contributed by atoms with van der Waals surface area (Å²) in [6.45, 7) is 7.82. The largest absolute Gasteiger partial charge is 0.369 e. The van der Waals surface area contributed by atoms with Gasteiger partial charge in [-0.2, -0.15) is 4.98 Å². The van der Waals surface area contributed by atoms with Gasteiger partial charge in [-0.3, -0.25) is 9.69 Å². The number of rotatable bonds is 5. The summed E-state index contributed by atoms with van der Waals surface area (Å²) in [5.41, 5.74) is 2.97. The van der Waals surface area contributed by atoms with Crippen molar-refractivity contribution in [2.45, 2.75) is 6.92 Å². The van der Waals surface area contributed by atoms with Crippen LogP contribution in [0.2, 0.25) is 10.0 Å². The second kappa shape index (κ2) is 9.89. The number of benzene rings is 2. The molecule has 1 N–H and O–H groups in total. The summed E-state index contributed by atoms with van der Waals surface area (Å²) < 4.78 is 0. The Kier molecular flexibility index (Phi) is 6.69. The molecule has 2 aromatic carbocycles. The van der Waals surface area contributed by atoms with Crippen LogP contribution in [0.25, 0.3) is 0 Å². The number of nitrogens with one attached hydrogen (secondary N) is 1. The van der Waals surface area contributed by atoms with E-state index in [4.69, 9.17) is 23.2 Å². The number of halogens is 2. The number of hydrogen-bond acceptors (Lipinski definition) is 7. The van der Waals surface area contributed by atoms with Crippen LogP contribution in [0.1, 0.15) is 17.3 Å². The molecular weight excluding hydrogens is 485 g/mol. The quantitative estimate of drug-likeness (QED) is 0.531. The molecule has 3 aromatic rings. The molecule has 1 aromatic heterocycles. The molecule has 2 aliphatic rings. The highest BCUT2D eigenvalue weighted by Gasteiger charge is 2.32. The Balaban J connectivity index is 1.31. The predicted octanol–water partition coefficient (Wildman–Crippen LogP) is 4.72. The van der Waals surface area contributed by atoms with E-state index in [-0.39, 0.29) is 12.6 Å². The monoisotopic (exact) mass is 511 g/mol. The maximum absolute atomic E-state index is 13.2. The number of likely N-dealkylation sites (N-methyl/N-ethyl adjacent to an activating group) is 1. The number of carbonyl (C=O) groups excluding carboxylic acids is 1. The lowest BCUT2D eigenvalue weighted by molar-refractivity contribution is 0.0982. The van der Waals surface area contributed by atoms with Gasteiger partial charge in [0.15, 0.2) is 0 Å². The first-order valence-corrected chi connectivity index (χ1v) is 12.4. The second-order valence-corrected chi connectivity index (χ2v) is 9.48. The Hall–Kier alpha value is -3.07. The number of fused-ring (bicyclic) bond motifs is 1. The fourth-order valence-corrected chi connectivity index (χ4v) is 5.09. The maximum Gasteiger partial charge on any atom is 0.265 e. The molecule has 35 heavy (non-hydrogen) atoms. The minimum atomic E-state index is -0.243. The van der Waals surface area contributed by atoms with Gasteiger partial charge in [-0.1, -0.05) is 36.2 Å². The lowest BCUT2D eigenvalue weighted by Crippen LogP contribution is -2.46. The highest BCUT2D eigenvalue weighted by molar-refractivity contribution is 6.40. The topological polar surface area (TPSA) is 67.8 Å². The fraction of sp³-hybridized carbons (Fsp3) is 0.320. The summed E-state index contributed by atoms with van der Waals surface area (Å²) in [5.74, 6) is 0.737. The molecule has 0 saturated carbocycles. The molecule has 8 nitrogen and oxygen atoms in total. The van der Waals surface area contributed by atoms with Gasteiger partial charge in [0.05, 0.1) is 22.4 Å². The summed E-state index contributed by atoms with van der Waals surface area (Å²) >= 11 is 12.7. The number of carbonyl (C=O) groups is 1. The highest BCUT2D eigenvalue weighted by atomic mass is 35.5. The van der Waals surface area contributed by atoms with E-state index >= 15 is 0 Å². The molecule has 0 spiro atoms. The van der Waals surface area contributed by atoms with Crippen molar-refractivity contribution in [1.82, 2.24) is 14.9 Å². The Morgan fingerprint density at radius 1 is 1.00 bits per heavy atom. The first-order valence-electron chi connectivity index (χ1n) is 11.6. The molecule has 0 aliphatic carbocycles. The van der Waals surface area contributed by atoms with E-state index in [1.807, 2.05) is 24.1 Å². The summed E-state index contributed by atoms with van der Waals surface area (Å²) in [7, 11) is 1.87. The van der Waals surface area contributed by atoms with E-state index in [0.717, 1.165) is 38.4 Å². The first-order chi connectivity index (χ1) is 16.9. The van der Waals surface area contributed by atoms with Crippen LogP contribution in [0.3, 0.4) is 0 Å². The summed E-state index contributed by atoms with van der Waals surface area (Å²) in [5, 5.41) is 4.08. The van der Waals surface area contributed by atoms with Gasteiger partial charge in [-0.05, 0) is 42.9 Å². The third-order valence-corrected chi connectivity index (χ3v) is 7.08. The van der Waals surface area contributed by atoms with Crippen LogP contribution < -0.4 is 20.0 Å². The lowest BCUT2D eigenvalue weighted by Gasteiger charge is -2.35. The van der Waals surface area contributed by atoms with Crippen LogP contribution in [0.15, 0.2) is 48.7 Å². The molecule has 1 fully saturated rings. The van der Waals surface area contributed by atoms with E-state index < -0.39 is 0 Å². The summed E-state index contributed by atoms with van der Waals surface area (Å²) in [6.07, 6.45) is 1.54. The van der Waals surface area contributed by atoms with Crippen molar-refractivity contribution in [2.24, 2.45) is 0 Å². The van der Waals surface area contributed by atoms with Gasteiger partial charge < -0.3 is 20.0 Å². The smallest absolute Gasteiger partial charge is 0.265 e. The van der Waals surface area contributed by atoms with Crippen molar-refractivity contribution >= 4 is 57.9 Å². The Labute approximate surface area is 215 Å². The normalized spacial score (nSPS) is 16.5. The van der Waals surface area contributed by atoms with Crippen LogP contribution in [-0.2, 0) is 0 Å². The number of amides is 1. The molecule has 0 unspecified atom stereocenters. The van der Waals surface area contributed by atoms with E-state index in [9.17, 15) is 4.79 Å². The van der Waals surface area contributed by atoms with Gasteiger partial charge in [0.2, 0.25) is 5.95 Å². The zero-order valence-corrected chi connectivity index (χ0v) is 21.2. The standard InChI is InChI=1S/C25H27Cl2N7O/c1-3-32-11-13-33(14-12-32)18-9-7-17(8-10-18)29-25-28-15-19-23(30-25)31(2)16-34(24(19)35)22-20(26)5-4-6-21(22)27/h4-10,15H,3,11-14,16H2,1-2H3,(H,28,29,30). The zero-order valence-electron chi connectivity index (χ0n) is 19.7. The molecule has 3 heterocycles. The van der Waals surface area contributed by atoms with Crippen molar-refractivity contribution in [1.29, 1.82) is 0 Å². The fourth-order valence-electron chi connectivity index (χ4n) is 4.49. The van der Waals surface area contributed by atoms with Crippen LogP contribution in [0.5, 0.6) is 0 Å². The average Bonchev–Trinajstić information content (AvgIpc) is 2.87. The van der Waals surface area contributed by atoms with Crippen molar-refractivity contribution in [3.8, 4) is 0 Å². The first kappa shape index (κ1) is 23.7. The molecule has 182 valence electrons. The lowest BCUT2D eigenvalue weighted by atomic mass is 10.2. The van der Waals surface area contributed by atoms with Crippen molar-refractivity contribution < 1.29 is 4.79 Å². The molecule has 0 bridgehead atoms. The van der Waals surface area contributed by atoms with Gasteiger partial charge in [-0.15, -0.1) is 0 Å². The van der Waals surface area contributed by atoms with E-state index in [0.29, 0.717) is 33.1 Å². The van der Waals surface area contributed by atoms with Crippen LogP contribution in [-0.4, -0.2) is 67.2 Å². The average molecular weight is 512 g/mol. The van der Waals surface area contributed by atoms with E-state index in [2.05, 4.69) is 44.1 Å². The Bertz CT molecular complexity index is 1210. The molecule has 2 aliphatic heterocycles. The highest BCUT2D eigenvalue weighted by Crippen LogP contribution is 2.37. The number of para-hydroxylation sites is 1. The number of nitrogens with zero attached hydrogens (tertiary/aromatic N) is 6. The van der Waals surface area contributed by atoms with Crippen LogP contribution in [0.4, 0.5) is 28.8 Å². The predicted molar refractivity (Wildman–Crippen MR) is 143 cm³/mol. The molecule has 0 atom stereocenters.